The molecule has 19 heavy (non-hydrogen) atoms. The molecule has 1 aromatic heterocycles. The Morgan fingerprint density at radius 1 is 1.26 bits per heavy atom. The predicted molar refractivity (Wildman–Crippen MR) is 88.5 cm³/mol. The van der Waals surface area contributed by atoms with Crippen molar-refractivity contribution in [1.82, 2.24) is 4.98 Å². The molecule has 0 spiro atoms. The molecule has 0 saturated heterocycles. The van der Waals surface area contributed by atoms with Crippen LogP contribution in [0.15, 0.2) is 18.2 Å². The first-order chi connectivity index (χ1) is 9.19. The highest BCUT2D eigenvalue weighted by Crippen LogP contribution is 2.37. The molecule has 1 heterocycles. The van der Waals surface area contributed by atoms with Gasteiger partial charge in [-0.1, -0.05) is 24.4 Å². The van der Waals surface area contributed by atoms with E-state index in [9.17, 15) is 0 Å². The summed E-state index contributed by atoms with van der Waals surface area (Å²) in [5.41, 5.74) is 5.84. The van der Waals surface area contributed by atoms with E-state index in [4.69, 9.17) is 22.4 Å². The number of benzene rings is 1. The second-order valence-corrected chi connectivity index (χ2v) is 6.60. The number of aromatic nitrogens is 1. The number of hydrogen-bond donors (Lipinski definition) is 2. The van der Waals surface area contributed by atoms with Gasteiger partial charge in [0.2, 0.25) is 0 Å². The van der Waals surface area contributed by atoms with Crippen molar-refractivity contribution in [2.75, 3.05) is 5.43 Å². The summed E-state index contributed by atoms with van der Waals surface area (Å²) in [5.74, 6) is 6.23. The summed E-state index contributed by atoms with van der Waals surface area (Å²) >= 11 is 8.40. The maximum absolute atomic E-state index is 6.12. The molecule has 3 N–H and O–H groups in total. The standard InChI is InChI=1S/C14H15ClIN3/c15-9-5-10-13(19-17)7-12(8-3-1-2-4-8)18-14(10)11(16)6-9/h5-8H,1-4,17H2,(H,18,19). The molecule has 0 unspecified atom stereocenters. The number of nitrogens with two attached hydrogens (primary N) is 1. The minimum Gasteiger partial charge on any atom is -0.323 e. The second kappa shape index (κ2) is 5.42. The van der Waals surface area contributed by atoms with Gasteiger partial charge in [-0.25, -0.2) is 0 Å². The normalized spacial score (nSPS) is 16.2. The molecule has 1 fully saturated rings. The molecule has 1 saturated carbocycles. The zero-order chi connectivity index (χ0) is 13.4. The molecule has 0 radical (unpaired) electrons. The molecule has 3 rings (SSSR count). The zero-order valence-electron chi connectivity index (χ0n) is 10.4. The van der Waals surface area contributed by atoms with Crippen molar-refractivity contribution < 1.29 is 0 Å². The molecule has 1 aliphatic carbocycles. The van der Waals surface area contributed by atoms with E-state index < -0.39 is 0 Å². The van der Waals surface area contributed by atoms with Crippen LogP contribution in [0.4, 0.5) is 5.69 Å². The van der Waals surface area contributed by atoms with Crippen molar-refractivity contribution in [1.29, 1.82) is 0 Å². The van der Waals surface area contributed by atoms with Gasteiger partial charge in [0, 0.05) is 25.6 Å². The minimum absolute atomic E-state index is 0.572. The summed E-state index contributed by atoms with van der Waals surface area (Å²) < 4.78 is 1.07. The average molecular weight is 388 g/mol. The van der Waals surface area contributed by atoms with Gasteiger partial charge in [-0.3, -0.25) is 10.8 Å². The molecule has 0 bridgehead atoms. The number of hydrazine groups is 1. The highest BCUT2D eigenvalue weighted by molar-refractivity contribution is 14.1. The quantitative estimate of drug-likeness (QED) is 0.455. The van der Waals surface area contributed by atoms with Crippen LogP contribution in [0.25, 0.3) is 10.9 Å². The highest BCUT2D eigenvalue weighted by atomic mass is 127. The van der Waals surface area contributed by atoms with Crippen LogP contribution in [0.2, 0.25) is 5.02 Å². The fraction of sp³-hybridized carbons (Fsp3) is 0.357. The van der Waals surface area contributed by atoms with Gasteiger partial charge < -0.3 is 5.43 Å². The van der Waals surface area contributed by atoms with Crippen molar-refractivity contribution in [3.8, 4) is 0 Å². The second-order valence-electron chi connectivity index (χ2n) is 5.00. The maximum Gasteiger partial charge on any atom is 0.0861 e. The largest absolute Gasteiger partial charge is 0.323 e. The van der Waals surface area contributed by atoms with E-state index in [1.807, 2.05) is 12.1 Å². The third-order valence-corrected chi connectivity index (χ3v) is 4.82. The van der Waals surface area contributed by atoms with E-state index in [1.54, 1.807) is 0 Å². The summed E-state index contributed by atoms with van der Waals surface area (Å²) in [5, 5.41) is 1.70. The van der Waals surface area contributed by atoms with Crippen LogP contribution in [0.1, 0.15) is 37.3 Å². The van der Waals surface area contributed by atoms with Crippen LogP contribution >= 0.6 is 34.2 Å². The molecule has 1 aliphatic rings. The van der Waals surface area contributed by atoms with Gasteiger partial charge in [0.25, 0.3) is 0 Å². The van der Waals surface area contributed by atoms with Crippen molar-refractivity contribution >= 4 is 50.8 Å². The van der Waals surface area contributed by atoms with Crippen molar-refractivity contribution in [3.63, 3.8) is 0 Å². The molecule has 1 aromatic carbocycles. The van der Waals surface area contributed by atoms with Crippen LogP contribution in [-0.4, -0.2) is 4.98 Å². The number of nitrogen functional groups attached to an aromatic ring is 1. The first-order valence-electron chi connectivity index (χ1n) is 6.45. The summed E-state index contributed by atoms with van der Waals surface area (Å²) in [4.78, 5) is 4.84. The summed E-state index contributed by atoms with van der Waals surface area (Å²) in [6, 6.07) is 5.93. The first kappa shape index (κ1) is 13.4. The summed E-state index contributed by atoms with van der Waals surface area (Å²) in [6.45, 7) is 0. The Bertz CT molecular complexity index is 624. The van der Waals surface area contributed by atoms with E-state index in [1.165, 1.54) is 25.7 Å². The van der Waals surface area contributed by atoms with Crippen LogP contribution in [-0.2, 0) is 0 Å². The van der Waals surface area contributed by atoms with Crippen molar-refractivity contribution in [2.45, 2.75) is 31.6 Å². The fourth-order valence-electron chi connectivity index (χ4n) is 2.82. The zero-order valence-corrected chi connectivity index (χ0v) is 13.3. The number of hydrogen-bond acceptors (Lipinski definition) is 3. The van der Waals surface area contributed by atoms with Gasteiger partial charge in [-0.15, -0.1) is 0 Å². The minimum atomic E-state index is 0.572. The molecule has 0 aliphatic heterocycles. The Kier molecular flexibility index (Phi) is 3.82. The Morgan fingerprint density at radius 3 is 2.68 bits per heavy atom. The number of pyridine rings is 1. The molecular weight excluding hydrogens is 373 g/mol. The average Bonchev–Trinajstić information content (AvgIpc) is 2.91. The van der Waals surface area contributed by atoms with Gasteiger partial charge in [0.15, 0.2) is 0 Å². The van der Waals surface area contributed by atoms with E-state index in [-0.39, 0.29) is 0 Å². The van der Waals surface area contributed by atoms with Gasteiger partial charge in [-0.2, -0.15) is 0 Å². The summed E-state index contributed by atoms with van der Waals surface area (Å²) in [7, 11) is 0. The lowest BCUT2D eigenvalue weighted by molar-refractivity contribution is 0.701. The topological polar surface area (TPSA) is 50.9 Å². The Morgan fingerprint density at radius 2 is 2.00 bits per heavy atom. The Balaban J connectivity index is 2.21. The van der Waals surface area contributed by atoms with Crippen LogP contribution in [0.3, 0.4) is 0 Å². The lowest BCUT2D eigenvalue weighted by Gasteiger charge is -2.14. The molecule has 2 aromatic rings. The smallest absolute Gasteiger partial charge is 0.0861 e. The van der Waals surface area contributed by atoms with Crippen LogP contribution < -0.4 is 11.3 Å². The third kappa shape index (κ3) is 2.53. The fourth-order valence-corrected chi connectivity index (χ4v) is 3.97. The predicted octanol–water partition coefficient (Wildman–Crippen LogP) is 4.44. The van der Waals surface area contributed by atoms with E-state index >= 15 is 0 Å². The van der Waals surface area contributed by atoms with E-state index in [0.717, 1.165) is 25.9 Å². The molecular formula is C14H15ClIN3. The number of rotatable bonds is 2. The van der Waals surface area contributed by atoms with Crippen molar-refractivity contribution in [2.24, 2.45) is 5.84 Å². The molecule has 0 atom stereocenters. The van der Waals surface area contributed by atoms with Gasteiger partial charge in [0.1, 0.15) is 0 Å². The van der Waals surface area contributed by atoms with Crippen LogP contribution in [0.5, 0.6) is 0 Å². The van der Waals surface area contributed by atoms with Crippen LogP contribution in [0, 0.1) is 3.57 Å². The number of halogens is 2. The highest BCUT2D eigenvalue weighted by Gasteiger charge is 2.20. The molecule has 3 nitrogen and oxygen atoms in total. The van der Waals surface area contributed by atoms with Crippen molar-refractivity contribution in [3.05, 3.63) is 32.5 Å². The number of fused-ring (bicyclic) bond motifs is 1. The monoisotopic (exact) mass is 387 g/mol. The Hall–Kier alpha value is -0.590. The van der Waals surface area contributed by atoms with Gasteiger partial charge in [-0.05, 0) is 53.6 Å². The maximum atomic E-state index is 6.12. The lowest BCUT2D eigenvalue weighted by Crippen LogP contribution is -2.09. The van der Waals surface area contributed by atoms with E-state index in [2.05, 4.69) is 34.1 Å². The Labute approximate surface area is 131 Å². The third-order valence-electron chi connectivity index (χ3n) is 3.78. The summed E-state index contributed by atoms with van der Waals surface area (Å²) in [6.07, 6.45) is 5.06. The molecule has 100 valence electrons. The SMILES string of the molecule is NNc1cc(C2CCCC2)nc2c(I)cc(Cl)cc12. The number of anilines is 1. The molecule has 0 amide bonds. The van der Waals surface area contributed by atoms with Gasteiger partial charge in [0.05, 0.1) is 11.2 Å². The lowest BCUT2D eigenvalue weighted by atomic mass is 10.0. The van der Waals surface area contributed by atoms with Gasteiger partial charge >= 0.3 is 0 Å². The van der Waals surface area contributed by atoms with E-state index in [0.29, 0.717) is 10.9 Å². The molecule has 5 heteroatoms. The number of nitrogens with zero attached hydrogens (tertiary/aromatic N) is 1. The first-order valence-corrected chi connectivity index (χ1v) is 7.91. The number of nitrogens with one attached hydrogen (secondary N) is 1.